The molecule has 18 heavy (non-hydrogen) atoms. The van der Waals surface area contributed by atoms with Crippen molar-refractivity contribution in [3.63, 3.8) is 0 Å². The van der Waals surface area contributed by atoms with Gasteiger partial charge in [-0.2, -0.15) is 0 Å². The Morgan fingerprint density at radius 2 is 1.89 bits per heavy atom. The first-order valence-electron chi connectivity index (χ1n) is 5.84. The smallest absolute Gasteiger partial charge is 0.130 e. The predicted octanol–water partition coefficient (Wildman–Crippen LogP) is 4.19. The standard InChI is InChI=1S/C14H16Cl2N2/c1-10-7-11-5-3-4-6-12(11)17-13(10)18-14(2,8-15)9-16/h3-7H,8-9H2,1-2H3,(H,17,18). The molecule has 1 aromatic heterocycles. The first-order valence-corrected chi connectivity index (χ1v) is 6.91. The molecular weight excluding hydrogens is 267 g/mol. The van der Waals surface area contributed by atoms with E-state index in [1.54, 1.807) is 0 Å². The molecule has 0 aliphatic rings. The van der Waals surface area contributed by atoms with Crippen molar-refractivity contribution in [3.05, 3.63) is 35.9 Å². The molecule has 0 unspecified atom stereocenters. The van der Waals surface area contributed by atoms with Gasteiger partial charge in [0.1, 0.15) is 5.82 Å². The monoisotopic (exact) mass is 282 g/mol. The molecule has 1 aromatic carbocycles. The number of aryl methyl sites for hydroxylation is 1. The first-order chi connectivity index (χ1) is 8.58. The normalized spacial score (nSPS) is 11.8. The van der Waals surface area contributed by atoms with Crippen molar-refractivity contribution in [2.45, 2.75) is 19.4 Å². The molecule has 0 amide bonds. The van der Waals surface area contributed by atoms with E-state index in [1.165, 1.54) is 0 Å². The van der Waals surface area contributed by atoms with Crippen molar-refractivity contribution in [2.24, 2.45) is 0 Å². The largest absolute Gasteiger partial charge is 0.362 e. The SMILES string of the molecule is Cc1cc2ccccc2nc1NC(C)(CCl)CCl. The lowest BCUT2D eigenvalue weighted by atomic mass is 10.1. The molecule has 0 saturated heterocycles. The van der Waals surface area contributed by atoms with E-state index in [1.807, 2.05) is 32.0 Å². The third kappa shape index (κ3) is 2.70. The summed E-state index contributed by atoms with van der Waals surface area (Å²) >= 11 is 11.9. The lowest BCUT2D eigenvalue weighted by Crippen LogP contribution is -2.39. The third-order valence-corrected chi connectivity index (χ3v) is 4.10. The highest BCUT2D eigenvalue weighted by atomic mass is 35.5. The highest BCUT2D eigenvalue weighted by Crippen LogP contribution is 2.23. The Labute approximate surface area is 117 Å². The van der Waals surface area contributed by atoms with Crippen LogP contribution < -0.4 is 5.32 Å². The summed E-state index contributed by atoms with van der Waals surface area (Å²) in [7, 11) is 0. The molecule has 0 bridgehead atoms. The number of para-hydroxylation sites is 1. The number of halogens is 2. The summed E-state index contributed by atoms with van der Waals surface area (Å²) in [6.45, 7) is 4.02. The van der Waals surface area contributed by atoms with Crippen LogP contribution in [0.3, 0.4) is 0 Å². The van der Waals surface area contributed by atoms with Crippen LogP contribution in [0, 0.1) is 6.92 Å². The number of hydrogen-bond donors (Lipinski definition) is 1. The summed E-state index contributed by atoms with van der Waals surface area (Å²) in [6, 6.07) is 10.2. The van der Waals surface area contributed by atoms with Gasteiger partial charge in [-0.1, -0.05) is 18.2 Å². The van der Waals surface area contributed by atoms with E-state index in [9.17, 15) is 0 Å². The number of fused-ring (bicyclic) bond motifs is 1. The van der Waals surface area contributed by atoms with Gasteiger partial charge in [-0.3, -0.25) is 0 Å². The second kappa shape index (κ2) is 5.33. The van der Waals surface area contributed by atoms with Gasteiger partial charge in [0, 0.05) is 17.1 Å². The molecule has 1 N–H and O–H groups in total. The van der Waals surface area contributed by atoms with Crippen molar-refractivity contribution in [2.75, 3.05) is 17.1 Å². The molecule has 0 atom stereocenters. The lowest BCUT2D eigenvalue weighted by Gasteiger charge is -2.27. The number of pyridine rings is 1. The Hall–Kier alpha value is -0.990. The summed E-state index contributed by atoms with van der Waals surface area (Å²) in [5, 5.41) is 4.48. The van der Waals surface area contributed by atoms with E-state index in [2.05, 4.69) is 22.4 Å². The van der Waals surface area contributed by atoms with Crippen LogP contribution in [0.4, 0.5) is 5.82 Å². The number of rotatable bonds is 4. The van der Waals surface area contributed by atoms with Gasteiger partial charge in [-0.15, -0.1) is 23.2 Å². The Bertz CT molecular complexity index is 550. The Kier molecular flexibility index (Phi) is 3.98. The number of anilines is 1. The maximum absolute atomic E-state index is 5.95. The van der Waals surface area contributed by atoms with Crippen LogP contribution in [0.5, 0.6) is 0 Å². The molecule has 2 nitrogen and oxygen atoms in total. The fraction of sp³-hybridized carbons (Fsp3) is 0.357. The zero-order valence-corrected chi connectivity index (χ0v) is 12.0. The van der Waals surface area contributed by atoms with E-state index in [4.69, 9.17) is 23.2 Å². The molecule has 2 rings (SSSR count). The van der Waals surface area contributed by atoms with Crippen LogP contribution in [0.2, 0.25) is 0 Å². The van der Waals surface area contributed by atoms with Gasteiger partial charge in [-0.05, 0) is 31.5 Å². The van der Waals surface area contributed by atoms with Crippen LogP contribution in [-0.4, -0.2) is 22.3 Å². The van der Waals surface area contributed by atoms with E-state index < -0.39 is 0 Å². The number of nitrogens with one attached hydrogen (secondary N) is 1. The summed E-state index contributed by atoms with van der Waals surface area (Å²) in [5.74, 6) is 1.71. The first kappa shape index (κ1) is 13.4. The molecule has 0 aliphatic heterocycles. The van der Waals surface area contributed by atoms with Crippen molar-refractivity contribution < 1.29 is 0 Å². The number of aromatic nitrogens is 1. The van der Waals surface area contributed by atoms with Gasteiger partial charge >= 0.3 is 0 Å². The van der Waals surface area contributed by atoms with Gasteiger partial charge in [0.15, 0.2) is 0 Å². The Morgan fingerprint density at radius 3 is 2.56 bits per heavy atom. The second-order valence-electron chi connectivity index (χ2n) is 4.80. The average Bonchev–Trinajstić information content (AvgIpc) is 2.39. The maximum Gasteiger partial charge on any atom is 0.130 e. The van der Waals surface area contributed by atoms with Crippen LogP contribution in [0.1, 0.15) is 12.5 Å². The predicted molar refractivity (Wildman–Crippen MR) is 79.9 cm³/mol. The molecule has 1 heterocycles. The zero-order valence-electron chi connectivity index (χ0n) is 10.5. The number of benzene rings is 1. The topological polar surface area (TPSA) is 24.9 Å². The molecule has 96 valence electrons. The average molecular weight is 283 g/mol. The van der Waals surface area contributed by atoms with Crippen molar-refractivity contribution in [3.8, 4) is 0 Å². The summed E-state index contributed by atoms with van der Waals surface area (Å²) in [4.78, 5) is 4.63. The minimum absolute atomic E-state index is 0.344. The van der Waals surface area contributed by atoms with E-state index in [-0.39, 0.29) is 5.54 Å². The van der Waals surface area contributed by atoms with E-state index in [0.29, 0.717) is 11.8 Å². The van der Waals surface area contributed by atoms with E-state index >= 15 is 0 Å². The molecule has 0 fully saturated rings. The summed E-state index contributed by atoms with van der Waals surface area (Å²) in [6.07, 6.45) is 0. The van der Waals surface area contributed by atoms with Crippen LogP contribution in [0.15, 0.2) is 30.3 Å². The number of hydrogen-bond acceptors (Lipinski definition) is 2. The Morgan fingerprint density at radius 1 is 1.22 bits per heavy atom. The van der Waals surface area contributed by atoms with Crippen molar-refractivity contribution in [1.29, 1.82) is 0 Å². The zero-order chi connectivity index (χ0) is 13.2. The summed E-state index contributed by atoms with van der Waals surface area (Å²) < 4.78 is 0. The van der Waals surface area contributed by atoms with E-state index in [0.717, 1.165) is 22.3 Å². The highest BCUT2D eigenvalue weighted by molar-refractivity contribution is 6.22. The molecule has 4 heteroatoms. The molecule has 0 saturated carbocycles. The van der Waals surface area contributed by atoms with Crippen LogP contribution in [-0.2, 0) is 0 Å². The van der Waals surface area contributed by atoms with Gasteiger partial charge in [0.25, 0.3) is 0 Å². The molecular formula is C14H16Cl2N2. The van der Waals surface area contributed by atoms with Gasteiger partial charge in [-0.25, -0.2) is 4.98 Å². The van der Waals surface area contributed by atoms with Crippen molar-refractivity contribution >= 4 is 39.9 Å². The number of alkyl halides is 2. The molecule has 0 spiro atoms. The summed E-state index contributed by atoms with van der Waals surface area (Å²) in [5.41, 5.74) is 1.72. The Balaban J connectivity index is 2.42. The van der Waals surface area contributed by atoms with Gasteiger partial charge in [0.2, 0.25) is 0 Å². The third-order valence-electron chi connectivity index (χ3n) is 2.92. The van der Waals surface area contributed by atoms with Crippen LogP contribution >= 0.6 is 23.2 Å². The van der Waals surface area contributed by atoms with Gasteiger partial charge < -0.3 is 5.32 Å². The highest BCUT2D eigenvalue weighted by Gasteiger charge is 2.23. The van der Waals surface area contributed by atoms with Crippen molar-refractivity contribution in [1.82, 2.24) is 4.98 Å². The molecule has 0 radical (unpaired) electrons. The molecule has 0 aliphatic carbocycles. The van der Waals surface area contributed by atoms with Crippen LogP contribution in [0.25, 0.3) is 10.9 Å². The maximum atomic E-state index is 5.95. The fourth-order valence-corrected chi connectivity index (χ4v) is 2.16. The minimum Gasteiger partial charge on any atom is -0.362 e. The fourth-order valence-electron chi connectivity index (χ4n) is 1.74. The van der Waals surface area contributed by atoms with Gasteiger partial charge in [0.05, 0.1) is 11.1 Å². The number of nitrogens with zero attached hydrogens (tertiary/aromatic N) is 1. The quantitative estimate of drug-likeness (QED) is 0.851. The molecule has 2 aromatic rings. The minimum atomic E-state index is -0.344. The lowest BCUT2D eigenvalue weighted by molar-refractivity contribution is 0.645. The second-order valence-corrected chi connectivity index (χ2v) is 5.33.